The maximum absolute atomic E-state index is 15.5. The van der Waals surface area contributed by atoms with Gasteiger partial charge in [0.15, 0.2) is 11.6 Å². The van der Waals surface area contributed by atoms with Gasteiger partial charge in [-0.1, -0.05) is 75.7 Å². The van der Waals surface area contributed by atoms with Crippen molar-refractivity contribution in [2.45, 2.75) is 53.1 Å². The van der Waals surface area contributed by atoms with E-state index in [-0.39, 0.29) is 34.8 Å². The molecule has 0 aromatic heterocycles. The second-order valence-corrected chi connectivity index (χ2v) is 8.13. The molecular weight excluding hydrogens is 498 g/mol. The molecule has 0 saturated carbocycles. The van der Waals surface area contributed by atoms with Crippen molar-refractivity contribution in [1.82, 2.24) is 0 Å². The van der Waals surface area contributed by atoms with Crippen LogP contribution in [0.15, 0.2) is 48.5 Å². The molecule has 8 heteroatoms. The standard InChI is InChI=1S/C25H23ClF2O2.C2H6.CH3NO.CH5N/c1-4-12-29-18-11-10-14(2)20(24(18)28)22-21-15(3)25(16-8-6-5-7-9-16)30-19(21)13-17(27)23(22)26;1-2;2-1-3;1-2/h5-11,13,15,25H,4,12H2,1-3H3;1-2H3;1H,(H2,2,3);2H2,1H3/t15-,25?;;;/m0.../s1. The summed E-state index contributed by atoms with van der Waals surface area (Å²) in [7, 11) is 1.50. The number of aryl methyl sites for hydroxylation is 1. The number of rotatable bonds is 5. The van der Waals surface area contributed by atoms with E-state index >= 15 is 4.39 Å². The van der Waals surface area contributed by atoms with E-state index in [0.717, 1.165) is 12.0 Å². The highest BCUT2D eigenvalue weighted by Gasteiger charge is 2.37. The third kappa shape index (κ3) is 7.21. The van der Waals surface area contributed by atoms with E-state index in [4.69, 9.17) is 25.9 Å². The lowest BCUT2D eigenvalue weighted by molar-refractivity contribution is -0.106. The van der Waals surface area contributed by atoms with E-state index in [2.05, 4.69) is 11.5 Å². The molecule has 2 atom stereocenters. The fourth-order valence-corrected chi connectivity index (χ4v) is 4.34. The second kappa shape index (κ2) is 15.8. The van der Waals surface area contributed by atoms with Crippen molar-refractivity contribution in [3.8, 4) is 22.6 Å². The Morgan fingerprint density at radius 1 is 1.08 bits per heavy atom. The average molecular weight is 535 g/mol. The van der Waals surface area contributed by atoms with Gasteiger partial charge in [0.25, 0.3) is 0 Å². The van der Waals surface area contributed by atoms with Gasteiger partial charge in [-0.05, 0) is 37.6 Å². The highest BCUT2D eigenvalue weighted by molar-refractivity contribution is 6.34. The number of carbonyl (C=O) groups is 1. The molecule has 0 spiro atoms. The highest BCUT2D eigenvalue weighted by atomic mass is 35.5. The van der Waals surface area contributed by atoms with Gasteiger partial charge in [-0.3, -0.25) is 4.79 Å². The van der Waals surface area contributed by atoms with Crippen molar-refractivity contribution in [3.63, 3.8) is 0 Å². The molecule has 0 fully saturated rings. The summed E-state index contributed by atoms with van der Waals surface area (Å²) in [6.45, 7) is 10.1. The summed E-state index contributed by atoms with van der Waals surface area (Å²) >= 11 is 6.43. The molecule has 4 rings (SSSR count). The fraction of sp³-hybridized carbons (Fsp3) is 0.345. The van der Waals surface area contributed by atoms with Gasteiger partial charge in [0.05, 0.1) is 11.6 Å². The summed E-state index contributed by atoms with van der Waals surface area (Å²) in [6.07, 6.45) is 0.697. The van der Waals surface area contributed by atoms with E-state index in [1.807, 2.05) is 58.0 Å². The van der Waals surface area contributed by atoms with Crippen molar-refractivity contribution < 1.29 is 23.0 Å². The molecule has 1 aliphatic rings. The Morgan fingerprint density at radius 2 is 1.68 bits per heavy atom. The minimum absolute atomic E-state index is 0.104. The number of hydrogen-bond acceptors (Lipinski definition) is 4. The molecule has 37 heavy (non-hydrogen) atoms. The number of nitrogens with two attached hydrogens (primary N) is 2. The molecule has 3 aromatic carbocycles. The van der Waals surface area contributed by atoms with Crippen molar-refractivity contribution in [2.24, 2.45) is 11.5 Å². The van der Waals surface area contributed by atoms with Crippen molar-refractivity contribution in [2.75, 3.05) is 13.7 Å². The minimum atomic E-state index is -0.634. The number of hydrogen-bond donors (Lipinski definition) is 2. The molecule has 0 bridgehead atoms. The molecule has 1 aliphatic heterocycles. The molecule has 0 aliphatic carbocycles. The third-order valence-corrected chi connectivity index (χ3v) is 5.91. The van der Waals surface area contributed by atoms with E-state index in [9.17, 15) is 4.39 Å². The van der Waals surface area contributed by atoms with Gasteiger partial charge in [0.2, 0.25) is 6.41 Å². The molecule has 4 N–H and O–H groups in total. The molecule has 0 radical (unpaired) electrons. The van der Waals surface area contributed by atoms with Gasteiger partial charge < -0.3 is 20.9 Å². The lowest BCUT2D eigenvalue weighted by atomic mass is 9.86. The van der Waals surface area contributed by atoms with Crippen LogP contribution in [-0.4, -0.2) is 20.1 Å². The Kier molecular flexibility index (Phi) is 13.6. The Balaban J connectivity index is 0.000000894. The van der Waals surface area contributed by atoms with Gasteiger partial charge in [0.1, 0.15) is 17.7 Å². The van der Waals surface area contributed by atoms with Gasteiger partial charge in [0, 0.05) is 28.7 Å². The molecule has 1 heterocycles. The molecule has 1 amide bonds. The summed E-state index contributed by atoms with van der Waals surface area (Å²) in [4.78, 5) is 8.58. The summed E-state index contributed by atoms with van der Waals surface area (Å²) in [6, 6.07) is 14.4. The first-order chi connectivity index (χ1) is 17.8. The van der Waals surface area contributed by atoms with Crippen LogP contribution >= 0.6 is 11.6 Å². The largest absolute Gasteiger partial charge is 0.491 e. The first-order valence-corrected chi connectivity index (χ1v) is 12.6. The van der Waals surface area contributed by atoms with Gasteiger partial charge >= 0.3 is 0 Å². The van der Waals surface area contributed by atoms with Crippen molar-refractivity contribution in [3.05, 3.63) is 81.9 Å². The van der Waals surface area contributed by atoms with E-state index in [1.54, 1.807) is 19.1 Å². The van der Waals surface area contributed by atoms with Crippen molar-refractivity contribution in [1.29, 1.82) is 0 Å². The maximum Gasteiger partial charge on any atom is 0.204 e. The summed E-state index contributed by atoms with van der Waals surface area (Å²) in [5.41, 5.74) is 11.6. The lowest BCUT2D eigenvalue weighted by Gasteiger charge is -2.19. The quantitative estimate of drug-likeness (QED) is 0.336. The number of amides is 1. The first kappa shape index (κ1) is 31.9. The number of primary amides is 1. The zero-order chi connectivity index (χ0) is 28.1. The van der Waals surface area contributed by atoms with Crippen LogP contribution in [0.3, 0.4) is 0 Å². The maximum atomic E-state index is 15.5. The molecule has 202 valence electrons. The van der Waals surface area contributed by atoms with Crippen LogP contribution in [-0.2, 0) is 4.79 Å². The van der Waals surface area contributed by atoms with Gasteiger partial charge in [-0.15, -0.1) is 0 Å². The minimum Gasteiger partial charge on any atom is -0.491 e. The van der Waals surface area contributed by atoms with Crippen LogP contribution in [0, 0.1) is 18.6 Å². The first-order valence-electron chi connectivity index (χ1n) is 12.2. The number of halogens is 3. The Labute approximate surface area is 223 Å². The van der Waals surface area contributed by atoms with Gasteiger partial charge in [-0.25, -0.2) is 8.78 Å². The molecular formula is C29H37ClF2N2O3. The Morgan fingerprint density at radius 3 is 2.24 bits per heavy atom. The second-order valence-electron chi connectivity index (χ2n) is 7.75. The SMILES string of the molecule is CC.CCCOc1ccc(C)c(-c2c(Cl)c(F)cc3c2[C@H](C)C(c2ccccc2)O3)c1F.CN.NC=O. The highest BCUT2D eigenvalue weighted by Crippen LogP contribution is 2.53. The van der Waals surface area contributed by atoms with Crippen molar-refractivity contribution >= 4 is 18.0 Å². The zero-order valence-electron chi connectivity index (χ0n) is 22.3. The Bertz CT molecular complexity index is 1140. The van der Waals surface area contributed by atoms with Crippen LogP contribution in [0.2, 0.25) is 5.02 Å². The average Bonchev–Trinajstić information content (AvgIpc) is 3.24. The number of carbonyl (C=O) groups excluding carboxylic acids is 1. The van der Waals surface area contributed by atoms with Gasteiger partial charge in [-0.2, -0.15) is 0 Å². The normalized spacial score (nSPS) is 14.9. The number of benzene rings is 3. The topological polar surface area (TPSA) is 87.6 Å². The number of ether oxygens (including phenoxy) is 2. The van der Waals surface area contributed by atoms with E-state index < -0.39 is 11.6 Å². The van der Waals surface area contributed by atoms with Crippen LogP contribution in [0.5, 0.6) is 11.5 Å². The summed E-state index contributed by atoms with van der Waals surface area (Å²) in [5, 5.41) is -0.104. The summed E-state index contributed by atoms with van der Waals surface area (Å²) in [5.74, 6) is -0.780. The van der Waals surface area contributed by atoms with E-state index in [1.165, 1.54) is 13.1 Å². The third-order valence-electron chi connectivity index (χ3n) is 5.54. The molecule has 3 aromatic rings. The fourth-order valence-electron chi connectivity index (χ4n) is 4.08. The van der Waals surface area contributed by atoms with Crippen LogP contribution < -0.4 is 20.9 Å². The molecule has 5 nitrogen and oxygen atoms in total. The predicted molar refractivity (Wildman–Crippen MR) is 147 cm³/mol. The van der Waals surface area contributed by atoms with Crippen LogP contribution in [0.25, 0.3) is 11.1 Å². The smallest absolute Gasteiger partial charge is 0.204 e. The molecule has 1 unspecified atom stereocenters. The van der Waals surface area contributed by atoms with Crippen LogP contribution in [0.1, 0.15) is 62.8 Å². The van der Waals surface area contributed by atoms with E-state index in [0.29, 0.717) is 29.0 Å². The summed E-state index contributed by atoms with van der Waals surface area (Å²) < 4.78 is 42.0. The predicted octanol–water partition coefficient (Wildman–Crippen LogP) is 7.32. The lowest BCUT2D eigenvalue weighted by Crippen LogP contribution is -2.07. The number of fused-ring (bicyclic) bond motifs is 1. The Hall–Kier alpha value is -3.16. The zero-order valence-corrected chi connectivity index (χ0v) is 23.0. The van der Waals surface area contributed by atoms with Crippen LogP contribution in [0.4, 0.5) is 8.78 Å². The molecule has 0 saturated heterocycles. The monoisotopic (exact) mass is 534 g/mol.